The molecule has 0 saturated heterocycles. The minimum atomic E-state index is -2.34. The van der Waals surface area contributed by atoms with Crippen LogP contribution in [0.2, 0.25) is 37.8 Å². The lowest BCUT2D eigenvalue weighted by Gasteiger charge is -2.35. The van der Waals surface area contributed by atoms with Gasteiger partial charge < -0.3 is 4.43 Å². The van der Waals surface area contributed by atoms with E-state index in [2.05, 4.69) is 19.6 Å². The predicted molar refractivity (Wildman–Crippen MR) is 61.5 cm³/mol. The first-order valence-corrected chi connectivity index (χ1v) is 11.1. The molecule has 1 radical (unpaired) electrons. The number of hydrogen-bond donors (Lipinski definition) is 0. The van der Waals surface area contributed by atoms with Crippen LogP contribution in [0.25, 0.3) is 0 Å². The molecule has 0 heterocycles. The Morgan fingerprint density at radius 1 is 1.08 bits per heavy atom. The summed E-state index contributed by atoms with van der Waals surface area (Å²) >= 11 is 0. The van der Waals surface area contributed by atoms with Gasteiger partial charge in [0.25, 0.3) is 0 Å². The highest BCUT2D eigenvalue weighted by Crippen LogP contribution is 2.36. The standard InChI is InChI=1S/C9H23O2Si2/c1-9(2,13(6,7)10)8-11-12(3,4)5/h8H2,1-7H3. The first kappa shape index (κ1) is 13.4. The summed E-state index contributed by atoms with van der Waals surface area (Å²) in [7, 11) is -3.80. The lowest BCUT2D eigenvalue weighted by Crippen LogP contribution is -2.43. The van der Waals surface area contributed by atoms with E-state index in [4.69, 9.17) is 4.43 Å². The lowest BCUT2D eigenvalue weighted by atomic mass is 10.2. The maximum atomic E-state index is 11.9. The van der Waals surface area contributed by atoms with Gasteiger partial charge in [0.2, 0.25) is 8.32 Å². The molecule has 0 aliphatic rings. The second-order valence-electron chi connectivity index (χ2n) is 5.80. The van der Waals surface area contributed by atoms with E-state index in [-0.39, 0.29) is 5.04 Å². The van der Waals surface area contributed by atoms with Crippen molar-refractivity contribution < 1.29 is 9.22 Å². The van der Waals surface area contributed by atoms with Gasteiger partial charge >= 0.3 is 0 Å². The molecular formula is C9H23O2Si2. The van der Waals surface area contributed by atoms with E-state index in [9.17, 15) is 4.80 Å². The SMILES string of the molecule is CC(C)(CO[Si](C)(C)C)[Si](C)(C)[O]. The molecule has 0 aliphatic heterocycles. The fourth-order valence-corrected chi connectivity index (χ4v) is 1.93. The van der Waals surface area contributed by atoms with Crippen molar-refractivity contribution >= 4 is 16.6 Å². The van der Waals surface area contributed by atoms with Gasteiger partial charge in [0.15, 0.2) is 8.32 Å². The second-order valence-corrected chi connectivity index (χ2v) is 14.7. The van der Waals surface area contributed by atoms with Gasteiger partial charge in [-0.15, -0.1) is 0 Å². The highest BCUT2D eigenvalue weighted by atomic mass is 28.4. The first-order valence-electron chi connectivity index (χ1n) is 4.80. The molecule has 0 rings (SSSR count). The van der Waals surface area contributed by atoms with Crippen LogP contribution in [0, 0.1) is 0 Å². The lowest BCUT2D eigenvalue weighted by molar-refractivity contribution is 0.244. The Labute approximate surface area is 84.6 Å². The Kier molecular flexibility index (Phi) is 3.95. The van der Waals surface area contributed by atoms with Gasteiger partial charge in [-0.25, -0.2) is 0 Å². The normalized spacial score (nSPS) is 14.8. The molecule has 13 heavy (non-hydrogen) atoms. The zero-order chi connectivity index (χ0) is 10.9. The zero-order valence-electron chi connectivity index (χ0n) is 10.0. The molecule has 0 aromatic heterocycles. The maximum Gasteiger partial charge on any atom is 0.239 e. The monoisotopic (exact) mass is 219 g/mol. The average molecular weight is 219 g/mol. The minimum Gasteiger partial charge on any atom is -0.417 e. The molecule has 0 unspecified atom stereocenters. The quantitative estimate of drug-likeness (QED) is 0.667. The van der Waals surface area contributed by atoms with Crippen molar-refractivity contribution in [1.82, 2.24) is 0 Å². The van der Waals surface area contributed by atoms with Gasteiger partial charge in [0.05, 0.1) is 0 Å². The molecule has 0 spiro atoms. The minimum absolute atomic E-state index is 0.159. The summed E-state index contributed by atoms with van der Waals surface area (Å²) < 4.78 is 5.79. The Morgan fingerprint density at radius 2 is 1.46 bits per heavy atom. The Hall–Kier alpha value is 0.354. The van der Waals surface area contributed by atoms with E-state index in [1.807, 2.05) is 26.9 Å². The first-order chi connectivity index (χ1) is 5.46. The average Bonchev–Trinajstić information content (AvgIpc) is 1.79. The smallest absolute Gasteiger partial charge is 0.239 e. The fraction of sp³-hybridized carbons (Fsp3) is 1.00. The number of hydrogen-bond acceptors (Lipinski definition) is 1. The maximum absolute atomic E-state index is 11.9. The van der Waals surface area contributed by atoms with Crippen molar-refractivity contribution in [3.63, 3.8) is 0 Å². The summed E-state index contributed by atoms with van der Waals surface area (Å²) in [5.74, 6) is 0. The molecule has 0 bridgehead atoms. The summed E-state index contributed by atoms with van der Waals surface area (Å²) in [4.78, 5) is 11.9. The summed E-state index contributed by atoms with van der Waals surface area (Å²) in [6.07, 6.45) is 0. The van der Waals surface area contributed by atoms with Crippen molar-refractivity contribution in [1.29, 1.82) is 0 Å². The second kappa shape index (κ2) is 3.84. The van der Waals surface area contributed by atoms with E-state index in [0.29, 0.717) is 6.61 Å². The van der Waals surface area contributed by atoms with Gasteiger partial charge in [-0.1, -0.05) is 13.8 Å². The van der Waals surface area contributed by atoms with Crippen molar-refractivity contribution in [3.8, 4) is 0 Å². The third-order valence-electron chi connectivity index (χ3n) is 2.50. The Balaban J connectivity index is 4.21. The number of rotatable bonds is 4. The van der Waals surface area contributed by atoms with E-state index in [0.717, 1.165) is 0 Å². The van der Waals surface area contributed by atoms with Gasteiger partial charge in [-0.05, 0) is 32.7 Å². The van der Waals surface area contributed by atoms with Gasteiger partial charge in [0.1, 0.15) is 0 Å². The molecule has 0 fully saturated rings. The largest absolute Gasteiger partial charge is 0.417 e. The summed E-state index contributed by atoms with van der Waals surface area (Å²) in [5, 5.41) is -0.159. The van der Waals surface area contributed by atoms with Crippen LogP contribution in [-0.2, 0) is 9.22 Å². The van der Waals surface area contributed by atoms with Crippen LogP contribution < -0.4 is 0 Å². The molecule has 2 nitrogen and oxygen atoms in total. The molecule has 0 saturated carbocycles. The molecule has 0 aromatic rings. The van der Waals surface area contributed by atoms with E-state index < -0.39 is 16.6 Å². The molecule has 0 amide bonds. The van der Waals surface area contributed by atoms with Crippen LogP contribution in [0.1, 0.15) is 13.8 Å². The predicted octanol–water partition coefficient (Wildman–Crippen LogP) is 3.25. The molecule has 79 valence electrons. The van der Waals surface area contributed by atoms with Crippen LogP contribution in [0.15, 0.2) is 0 Å². The Morgan fingerprint density at radius 3 is 1.69 bits per heavy atom. The fourth-order valence-electron chi connectivity index (χ4n) is 0.571. The topological polar surface area (TPSA) is 29.1 Å². The highest BCUT2D eigenvalue weighted by molar-refractivity contribution is 6.73. The van der Waals surface area contributed by atoms with Gasteiger partial charge in [0, 0.05) is 11.6 Å². The van der Waals surface area contributed by atoms with Crippen LogP contribution in [0.4, 0.5) is 0 Å². The van der Waals surface area contributed by atoms with Crippen LogP contribution in [0.5, 0.6) is 0 Å². The molecule has 0 atom stereocenters. The molecular weight excluding hydrogens is 196 g/mol. The van der Waals surface area contributed by atoms with Crippen LogP contribution in [0.3, 0.4) is 0 Å². The van der Waals surface area contributed by atoms with Crippen molar-refractivity contribution in [2.75, 3.05) is 6.61 Å². The molecule has 0 aromatic carbocycles. The summed E-state index contributed by atoms with van der Waals surface area (Å²) in [5.41, 5.74) is 0. The van der Waals surface area contributed by atoms with Crippen molar-refractivity contribution in [2.24, 2.45) is 0 Å². The third kappa shape index (κ3) is 4.95. The van der Waals surface area contributed by atoms with Crippen molar-refractivity contribution in [3.05, 3.63) is 0 Å². The third-order valence-corrected chi connectivity index (χ3v) is 6.91. The van der Waals surface area contributed by atoms with Crippen molar-refractivity contribution in [2.45, 2.75) is 51.6 Å². The van der Waals surface area contributed by atoms with E-state index in [1.165, 1.54) is 0 Å². The Bertz CT molecular complexity index is 165. The van der Waals surface area contributed by atoms with Gasteiger partial charge in [-0.3, -0.25) is 4.80 Å². The van der Waals surface area contributed by atoms with E-state index in [1.54, 1.807) is 0 Å². The van der Waals surface area contributed by atoms with Gasteiger partial charge in [-0.2, -0.15) is 0 Å². The van der Waals surface area contributed by atoms with Crippen LogP contribution in [-0.4, -0.2) is 23.2 Å². The zero-order valence-corrected chi connectivity index (χ0v) is 12.0. The molecule has 4 heteroatoms. The summed E-state index contributed by atoms with van der Waals surface area (Å²) in [6.45, 7) is 14.9. The highest BCUT2D eigenvalue weighted by Gasteiger charge is 2.41. The van der Waals surface area contributed by atoms with E-state index >= 15 is 0 Å². The molecule has 0 aliphatic carbocycles. The van der Waals surface area contributed by atoms with Crippen LogP contribution >= 0.6 is 0 Å². The summed E-state index contributed by atoms with van der Waals surface area (Å²) in [6, 6.07) is 0. The molecule has 0 N–H and O–H groups in total.